The van der Waals surface area contributed by atoms with Gasteiger partial charge in [0, 0.05) is 37.6 Å². The number of imidazole rings is 1. The lowest BCUT2D eigenvalue weighted by Crippen LogP contribution is -2.16. The average Bonchev–Trinajstić information content (AvgIpc) is 3.63. The van der Waals surface area contributed by atoms with Crippen LogP contribution in [0.5, 0.6) is 17.2 Å². The van der Waals surface area contributed by atoms with Gasteiger partial charge in [-0.2, -0.15) is 0 Å². The number of para-hydroxylation sites is 2. The highest BCUT2D eigenvalue weighted by Gasteiger charge is 2.14. The number of aromatic amines is 1. The molecule has 0 unspecified atom stereocenters. The van der Waals surface area contributed by atoms with Crippen LogP contribution in [0.2, 0.25) is 5.02 Å². The van der Waals surface area contributed by atoms with Crippen LogP contribution in [0.15, 0.2) is 97.1 Å². The molecular weight excluding hydrogens is 756 g/mol. The molecule has 5 N–H and O–H groups in total. The van der Waals surface area contributed by atoms with Crippen LogP contribution in [-0.4, -0.2) is 45.2 Å². The van der Waals surface area contributed by atoms with Crippen LogP contribution < -0.4 is 24.8 Å². The fourth-order valence-corrected chi connectivity index (χ4v) is 6.92. The number of ether oxygens (including phenoxy) is 3. The SMILES string of the molecule is Cc1c(COc2ccc(CNCCCC(=O)O)c(OCc3nc4ccccc4[nH]3)c2)cccc1-c1cccc(COc2ccc(CNCCCC(=O)O)cc2Cl)c1C. The number of carboxylic acid groups (broad SMARTS) is 2. The molecule has 0 saturated carbocycles. The first-order chi connectivity index (χ1) is 28.1. The quantitative estimate of drug-likeness (QED) is 0.0420. The second-order valence-electron chi connectivity index (χ2n) is 14.1. The Balaban J connectivity index is 1.10. The molecule has 1 aromatic heterocycles. The third-order valence-corrected chi connectivity index (χ3v) is 10.2. The summed E-state index contributed by atoms with van der Waals surface area (Å²) in [5.41, 5.74) is 10.3. The minimum atomic E-state index is -0.809. The second kappa shape index (κ2) is 20.5. The number of carboxylic acids is 2. The summed E-state index contributed by atoms with van der Waals surface area (Å²) >= 11 is 6.59. The minimum absolute atomic E-state index is 0.112. The van der Waals surface area contributed by atoms with Crippen LogP contribution in [0.1, 0.15) is 64.9 Å². The van der Waals surface area contributed by atoms with E-state index in [1.807, 2.05) is 72.8 Å². The smallest absolute Gasteiger partial charge is 0.303 e. The summed E-state index contributed by atoms with van der Waals surface area (Å²) in [4.78, 5) is 29.6. The largest absolute Gasteiger partial charge is 0.489 e. The first kappa shape index (κ1) is 41.7. The fourth-order valence-electron chi connectivity index (χ4n) is 6.66. The topological polar surface area (TPSA) is 155 Å². The molecule has 12 heteroatoms. The number of carbonyl (C=O) groups is 2. The van der Waals surface area contributed by atoms with E-state index in [-0.39, 0.29) is 19.4 Å². The molecule has 302 valence electrons. The average molecular weight is 805 g/mol. The lowest BCUT2D eigenvalue weighted by atomic mass is 9.92. The van der Waals surface area contributed by atoms with Gasteiger partial charge in [-0.25, -0.2) is 4.98 Å². The summed E-state index contributed by atoms with van der Waals surface area (Å²) in [5, 5.41) is 24.9. The van der Waals surface area contributed by atoms with Crippen molar-refractivity contribution in [3.63, 3.8) is 0 Å². The van der Waals surface area contributed by atoms with Crippen molar-refractivity contribution in [3.8, 4) is 28.4 Å². The van der Waals surface area contributed by atoms with Crippen LogP contribution in [0, 0.1) is 13.8 Å². The van der Waals surface area contributed by atoms with Gasteiger partial charge in [0.25, 0.3) is 0 Å². The van der Waals surface area contributed by atoms with Gasteiger partial charge < -0.3 is 40.0 Å². The molecule has 11 nitrogen and oxygen atoms in total. The number of hydrogen-bond donors (Lipinski definition) is 5. The summed E-state index contributed by atoms with van der Waals surface area (Å²) < 4.78 is 18.9. The van der Waals surface area contributed by atoms with Crippen LogP contribution in [-0.2, 0) is 42.5 Å². The van der Waals surface area contributed by atoms with Gasteiger partial charge in [0.2, 0.25) is 0 Å². The van der Waals surface area contributed by atoms with E-state index < -0.39 is 11.9 Å². The maximum atomic E-state index is 11.0. The van der Waals surface area contributed by atoms with E-state index in [0.717, 1.165) is 55.5 Å². The molecule has 6 rings (SSSR count). The van der Waals surface area contributed by atoms with Crippen molar-refractivity contribution < 1.29 is 34.0 Å². The van der Waals surface area contributed by atoms with Crippen molar-refractivity contribution in [1.29, 1.82) is 0 Å². The number of aliphatic carboxylic acids is 2. The molecule has 0 fully saturated rings. The summed E-state index contributed by atoms with van der Waals surface area (Å²) in [7, 11) is 0. The highest BCUT2D eigenvalue weighted by molar-refractivity contribution is 6.32. The molecule has 58 heavy (non-hydrogen) atoms. The Labute approximate surface area is 343 Å². The highest BCUT2D eigenvalue weighted by Crippen LogP contribution is 2.33. The van der Waals surface area contributed by atoms with Gasteiger partial charge in [0.15, 0.2) is 0 Å². The zero-order chi connectivity index (χ0) is 40.9. The van der Waals surface area contributed by atoms with E-state index in [2.05, 4.69) is 58.7 Å². The van der Waals surface area contributed by atoms with Gasteiger partial charge in [0.1, 0.15) is 42.9 Å². The third-order valence-electron chi connectivity index (χ3n) is 9.93. The molecular formula is C46H49ClN4O7. The van der Waals surface area contributed by atoms with Crippen molar-refractivity contribution in [2.75, 3.05) is 13.1 Å². The molecule has 1 heterocycles. The van der Waals surface area contributed by atoms with Crippen LogP contribution in [0.4, 0.5) is 0 Å². The highest BCUT2D eigenvalue weighted by atomic mass is 35.5. The van der Waals surface area contributed by atoms with Crippen molar-refractivity contribution >= 4 is 34.6 Å². The van der Waals surface area contributed by atoms with Crippen LogP contribution >= 0.6 is 11.6 Å². The molecule has 5 aromatic carbocycles. The van der Waals surface area contributed by atoms with E-state index >= 15 is 0 Å². The van der Waals surface area contributed by atoms with E-state index in [9.17, 15) is 9.59 Å². The standard InChI is InChI=1S/C46H49ClN4O7/c1-30-34(27-56-36-19-18-33(26-49-22-8-16-46(54)55)43(24-36)58-29-44-50-40-13-3-4-14-41(40)51-44)9-5-11-37(30)38-12-6-10-35(31(38)2)28-57-42-20-17-32(23-39(42)47)25-48-21-7-15-45(52)53/h3-6,9-14,17-20,23-24,48-49H,7-8,15-16,21-22,25-29H2,1-2H3,(H,50,51)(H,52,53)(H,54,55). The molecule has 6 aromatic rings. The summed E-state index contributed by atoms with van der Waals surface area (Å²) in [6.07, 6.45) is 1.35. The van der Waals surface area contributed by atoms with Gasteiger partial charge in [-0.05, 0) is 109 Å². The normalized spacial score (nSPS) is 11.2. The molecule has 0 aliphatic rings. The number of halogens is 1. The fraction of sp³-hybridized carbons (Fsp3) is 0.283. The Hall–Kier alpha value is -5.88. The van der Waals surface area contributed by atoms with Gasteiger partial charge in [0.05, 0.1) is 16.1 Å². The summed E-state index contributed by atoms with van der Waals surface area (Å²) in [6, 6.07) is 31.8. The summed E-state index contributed by atoms with van der Waals surface area (Å²) in [6.45, 7) is 7.44. The molecule has 0 aliphatic heterocycles. The first-order valence-electron chi connectivity index (χ1n) is 19.4. The number of hydrogen-bond acceptors (Lipinski definition) is 8. The number of nitrogens with one attached hydrogen (secondary N) is 3. The number of aromatic nitrogens is 2. The maximum absolute atomic E-state index is 11.0. The van der Waals surface area contributed by atoms with Gasteiger partial charge in [-0.3, -0.25) is 9.59 Å². The Kier molecular flexibility index (Phi) is 14.8. The number of fused-ring (bicyclic) bond motifs is 1. The lowest BCUT2D eigenvalue weighted by molar-refractivity contribution is -0.138. The third kappa shape index (κ3) is 11.6. The van der Waals surface area contributed by atoms with Crippen molar-refractivity contribution in [2.24, 2.45) is 0 Å². The maximum Gasteiger partial charge on any atom is 0.303 e. The lowest BCUT2D eigenvalue weighted by Gasteiger charge is -2.18. The zero-order valence-corrected chi connectivity index (χ0v) is 33.5. The van der Waals surface area contributed by atoms with Gasteiger partial charge in [-0.1, -0.05) is 72.3 Å². The van der Waals surface area contributed by atoms with Crippen LogP contribution in [0.3, 0.4) is 0 Å². The van der Waals surface area contributed by atoms with Crippen LogP contribution in [0.25, 0.3) is 22.2 Å². The van der Waals surface area contributed by atoms with Crippen molar-refractivity contribution in [1.82, 2.24) is 20.6 Å². The number of rotatable bonds is 22. The zero-order valence-electron chi connectivity index (χ0n) is 32.8. The predicted molar refractivity (Wildman–Crippen MR) is 225 cm³/mol. The predicted octanol–water partition coefficient (Wildman–Crippen LogP) is 9.15. The molecule has 0 aliphatic carbocycles. The first-order valence-corrected chi connectivity index (χ1v) is 19.8. The molecule has 0 amide bonds. The molecule has 0 radical (unpaired) electrons. The summed E-state index contributed by atoms with van der Waals surface area (Å²) in [5.74, 6) is 1.02. The molecule has 0 bridgehead atoms. The number of H-pyrrole nitrogens is 1. The Bertz CT molecular complexity index is 2310. The van der Waals surface area contributed by atoms with Crippen molar-refractivity contribution in [2.45, 2.75) is 72.4 Å². The molecule has 0 atom stereocenters. The molecule has 0 spiro atoms. The van der Waals surface area contributed by atoms with E-state index in [1.54, 1.807) is 0 Å². The molecule has 0 saturated heterocycles. The van der Waals surface area contributed by atoms with Gasteiger partial charge in [-0.15, -0.1) is 0 Å². The van der Waals surface area contributed by atoms with Crippen molar-refractivity contribution in [3.05, 3.63) is 141 Å². The van der Waals surface area contributed by atoms with Gasteiger partial charge >= 0.3 is 11.9 Å². The Morgan fingerprint density at radius 2 is 1.31 bits per heavy atom. The minimum Gasteiger partial charge on any atom is -0.489 e. The van der Waals surface area contributed by atoms with E-state index in [0.29, 0.717) is 80.3 Å². The van der Waals surface area contributed by atoms with E-state index in [4.69, 9.17) is 36.0 Å². The second-order valence-corrected chi connectivity index (χ2v) is 14.5. The Morgan fingerprint density at radius 1 is 0.672 bits per heavy atom. The van der Waals surface area contributed by atoms with E-state index in [1.165, 1.54) is 0 Å². The number of benzene rings is 5. The number of nitrogens with zero attached hydrogens (tertiary/aromatic N) is 1. The monoisotopic (exact) mass is 804 g/mol. The Morgan fingerprint density at radius 3 is 1.97 bits per heavy atom.